The highest BCUT2D eigenvalue weighted by atomic mass is 16.5. The summed E-state index contributed by atoms with van der Waals surface area (Å²) in [7, 11) is 1.55. The molecule has 9 heteroatoms. The molecule has 2 aromatic carbocycles. The molecule has 0 aliphatic heterocycles. The molecule has 0 bridgehead atoms. The standard InChI is InChI=1S/C24H29N3O4.CO2/c1-5-11-30-20-10-9-17(13-22(20)29-4)24(28)27-16(3)14-31-21-8-6-7-19-23(21)18(25)12-15(2)26-19;2-1-3/h6-10,12-13,16H,5,11,14H2,1-4H3,(H2,25,26)(H,27,28);. The Balaban J connectivity index is 0.00000129. The van der Waals surface area contributed by atoms with Crippen molar-refractivity contribution in [1.82, 2.24) is 10.3 Å². The fourth-order valence-electron chi connectivity index (χ4n) is 3.25. The van der Waals surface area contributed by atoms with Crippen LogP contribution in [0.5, 0.6) is 17.2 Å². The zero-order chi connectivity index (χ0) is 25.1. The molecule has 1 atom stereocenters. The molecule has 0 radical (unpaired) electrons. The molecule has 0 aliphatic rings. The SMILES string of the molecule is CCCOc1ccc(C(=O)NC(C)COc2cccc3nc(C)cc(N)c23)cc1OC.O=C=O. The molecular formula is C25H29N3O6. The number of fused-ring (bicyclic) bond motifs is 1. The van der Waals surface area contributed by atoms with Crippen molar-refractivity contribution in [2.24, 2.45) is 0 Å². The van der Waals surface area contributed by atoms with E-state index in [4.69, 9.17) is 29.5 Å². The molecule has 0 spiro atoms. The number of benzene rings is 2. The van der Waals surface area contributed by atoms with Gasteiger partial charge in [0.25, 0.3) is 5.91 Å². The van der Waals surface area contributed by atoms with Crippen LogP contribution >= 0.6 is 0 Å². The summed E-state index contributed by atoms with van der Waals surface area (Å²) in [6.45, 7) is 6.68. The van der Waals surface area contributed by atoms with Crippen LogP contribution in [0.4, 0.5) is 5.69 Å². The second kappa shape index (κ2) is 12.8. The van der Waals surface area contributed by atoms with E-state index in [-0.39, 0.29) is 24.7 Å². The van der Waals surface area contributed by atoms with Gasteiger partial charge < -0.3 is 25.3 Å². The molecule has 0 saturated carbocycles. The van der Waals surface area contributed by atoms with E-state index in [1.54, 1.807) is 25.3 Å². The van der Waals surface area contributed by atoms with Crippen molar-refractivity contribution >= 4 is 28.6 Å². The second-order valence-electron chi connectivity index (χ2n) is 7.49. The van der Waals surface area contributed by atoms with Crippen LogP contribution in [-0.4, -0.2) is 43.4 Å². The largest absolute Gasteiger partial charge is 0.493 e. The fraction of sp³-hybridized carbons (Fsp3) is 0.320. The van der Waals surface area contributed by atoms with Gasteiger partial charge in [0.1, 0.15) is 12.4 Å². The number of hydrogen-bond acceptors (Lipinski definition) is 8. The number of nitrogens with one attached hydrogen (secondary N) is 1. The lowest BCUT2D eigenvalue weighted by molar-refractivity contribution is -0.191. The van der Waals surface area contributed by atoms with E-state index in [0.717, 1.165) is 23.0 Å². The first-order chi connectivity index (χ1) is 16.3. The molecule has 1 aromatic heterocycles. The van der Waals surface area contributed by atoms with Gasteiger partial charge in [0.2, 0.25) is 0 Å². The van der Waals surface area contributed by atoms with Crippen LogP contribution in [0.1, 0.15) is 36.3 Å². The monoisotopic (exact) mass is 467 g/mol. The van der Waals surface area contributed by atoms with E-state index in [0.29, 0.717) is 35.1 Å². The molecule has 3 N–H and O–H groups in total. The number of nitrogen functional groups attached to an aromatic ring is 1. The molecule has 0 aliphatic carbocycles. The summed E-state index contributed by atoms with van der Waals surface area (Å²) in [5.41, 5.74) is 8.92. The van der Waals surface area contributed by atoms with E-state index in [9.17, 15) is 4.79 Å². The summed E-state index contributed by atoms with van der Waals surface area (Å²) in [6, 6.07) is 12.4. The topological polar surface area (TPSA) is 130 Å². The normalized spacial score (nSPS) is 10.9. The van der Waals surface area contributed by atoms with E-state index in [1.807, 2.05) is 45.0 Å². The van der Waals surface area contributed by atoms with Crippen molar-refractivity contribution in [3.05, 3.63) is 53.7 Å². The van der Waals surface area contributed by atoms with Crippen LogP contribution in [0.2, 0.25) is 0 Å². The molecule has 1 amide bonds. The van der Waals surface area contributed by atoms with Crippen molar-refractivity contribution in [2.45, 2.75) is 33.2 Å². The maximum Gasteiger partial charge on any atom is 0.373 e. The molecule has 1 unspecified atom stereocenters. The fourth-order valence-corrected chi connectivity index (χ4v) is 3.25. The average molecular weight is 468 g/mol. The molecule has 1 heterocycles. The van der Waals surface area contributed by atoms with E-state index in [2.05, 4.69) is 10.3 Å². The predicted molar refractivity (Wildman–Crippen MR) is 127 cm³/mol. The van der Waals surface area contributed by atoms with Crippen molar-refractivity contribution in [3.8, 4) is 17.2 Å². The van der Waals surface area contributed by atoms with Gasteiger partial charge in [0.05, 0.1) is 30.7 Å². The zero-order valence-corrected chi connectivity index (χ0v) is 19.7. The number of carbonyl (C=O) groups is 1. The summed E-state index contributed by atoms with van der Waals surface area (Å²) in [5.74, 6) is 1.57. The summed E-state index contributed by atoms with van der Waals surface area (Å²) in [5, 5.41) is 3.72. The zero-order valence-electron chi connectivity index (χ0n) is 19.7. The summed E-state index contributed by atoms with van der Waals surface area (Å²) in [6.07, 6.45) is 1.14. The number of anilines is 1. The minimum absolute atomic E-state index is 0.217. The molecule has 3 rings (SSSR count). The highest BCUT2D eigenvalue weighted by Crippen LogP contribution is 2.30. The van der Waals surface area contributed by atoms with Crippen LogP contribution < -0.4 is 25.3 Å². The number of amides is 1. The lowest BCUT2D eigenvalue weighted by Crippen LogP contribution is -2.36. The first-order valence-electron chi connectivity index (χ1n) is 10.7. The number of rotatable bonds is 9. The lowest BCUT2D eigenvalue weighted by atomic mass is 10.1. The lowest BCUT2D eigenvalue weighted by Gasteiger charge is -2.17. The van der Waals surface area contributed by atoms with Crippen LogP contribution in [0.3, 0.4) is 0 Å². The molecule has 34 heavy (non-hydrogen) atoms. The third kappa shape index (κ3) is 6.95. The minimum atomic E-state index is -0.232. The van der Waals surface area contributed by atoms with Gasteiger partial charge in [-0.05, 0) is 56.7 Å². The average Bonchev–Trinajstić information content (AvgIpc) is 2.81. The van der Waals surface area contributed by atoms with E-state index < -0.39 is 0 Å². The number of nitrogens with two attached hydrogens (primary N) is 1. The van der Waals surface area contributed by atoms with E-state index >= 15 is 0 Å². The first kappa shape index (κ1) is 26.2. The third-order valence-electron chi connectivity index (χ3n) is 4.71. The molecule has 9 nitrogen and oxygen atoms in total. The Bertz CT molecular complexity index is 1160. The van der Waals surface area contributed by atoms with Crippen molar-refractivity contribution in [2.75, 3.05) is 26.1 Å². The number of ether oxygens (including phenoxy) is 3. The third-order valence-corrected chi connectivity index (χ3v) is 4.71. The summed E-state index contributed by atoms with van der Waals surface area (Å²) < 4.78 is 17.0. The minimum Gasteiger partial charge on any atom is -0.493 e. The van der Waals surface area contributed by atoms with Crippen LogP contribution in [0, 0.1) is 6.92 Å². The maximum atomic E-state index is 12.7. The van der Waals surface area contributed by atoms with E-state index in [1.165, 1.54) is 0 Å². The van der Waals surface area contributed by atoms with Crippen molar-refractivity contribution in [3.63, 3.8) is 0 Å². The number of aromatic nitrogens is 1. The number of nitrogens with zero attached hydrogens (tertiary/aromatic N) is 1. The number of carbonyl (C=O) groups excluding carboxylic acids is 3. The summed E-state index contributed by atoms with van der Waals surface area (Å²) >= 11 is 0. The van der Waals surface area contributed by atoms with Gasteiger partial charge in [-0.25, -0.2) is 0 Å². The Morgan fingerprint density at radius 3 is 2.53 bits per heavy atom. The van der Waals surface area contributed by atoms with Crippen LogP contribution in [0.15, 0.2) is 42.5 Å². The molecule has 180 valence electrons. The van der Waals surface area contributed by atoms with Crippen LogP contribution in [-0.2, 0) is 9.59 Å². The molecule has 3 aromatic rings. The highest BCUT2D eigenvalue weighted by molar-refractivity contribution is 5.96. The number of aryl methyl sites for hydroxylation is 1. The van der Waals surface area contributed by atoms with Gasteiger partial charge >= 0.3 is 6.15 Å². The second-order valence-corrected chi connectivity index (χ2v) is 7.49. The Hall–Kier alpha value is -4.10. The first-order valence-corrected chi connectivity index (χ1v) is 10.7. The molecule has 0 fully saturated rings. The number of methoxy groups -OCH3 is 1. The summed E-state index contributed by atoms with van der Waals surface area (Å²) in [4.78, 5) is 33.4. The Labute approximate surface area is 198 Å². The quantitative estimate of drug-likeness (QED) is 0.489. The maximum absolute atomic E-state index is 12.7. The van der Waals surface area contributed by atoms with Crippen LogP contribution in [0.25, 0.3) is 10.9 Å². The number of hydrogen-bond donors (Lipinski definition) is 2. The van der Waals surface area contributed by atoms with Gasteiger partial charge in [0, 0.05) is 16.9 Å². The number of pyridine rings is 1. The Morgan fingerprint density at radius 1 is 1.12 bits per heavy atom. The Kier molecular flexibility index (Phi) is 9.86. The smallest absolute Gasteiger partial charge is 0.373 e. The highest BCUT2D eigenvalue weighted by Gasteiger charge is 2.15. The van der Waals surface area contributed by atoms with Crippen molar-refractivity contribution < 1.29 is 28.6 Å². The van der Waals surface area contributed by atoms with Crippen molar-refractivity contribution in [1.29, 1.82) is 0 Å². The molecule has 0 saturated heterocycles. The van der Waals surface area contributed by atoms with Gasteiger partial charge in [-0.15, -0.1) is 0 Å². The van der Waals surface area contributed by atoms with Gasteiger partial charge in [-0.3, -0.25) is 9.78 Å². The van der Waals surface area contributed by atoms with Gasteiger partial charge in [-0.2, -0.15) is 9.59 Å². The van der Waals surface area contributed by atoms with Gasteiger partial charge in [0.15, 0.2) is 11.5 Å². The predicted octanol–water partition coefficient (Wildman–Crippen LogP) is 3.54. The molecular weight excluding hydrogens is 438 g/mol. The van der Waals surface area contributed by atoms with Gasteiger partial charge in [-0.1, -0.05) is 13.0 Å². The Morgan fingerprint density at radius 2 is 1.85 bits per heavy atom.